The highest BCUT2D eigenvalue weighted by molar-refractivity contribution is 5.89. The van der Waals surface area contributed by atoms with Gasteiger partial charge in [0.15, 0.2) is 11.5 Å². The molecule has 24 heavy (non-hydrogen) atoms. The molecule has 0 aliphatic carbocycles. The summed E-state index contributed by atoms with van der Waals surface area (Å²) in [4.78, 5) is 12.0. The Bertz CT molecular complexity index is 860. The molecule has 0 aliphatic rings. The Morgan fingerprint density at radius 1 is 1.12 bits per heavy atom. The summed E-state index contributed by atoms with van der Waals surface area (Å²) in [6.45, 7) is 0.376. The number of carbonyl (C=O) groups excluding carboxylic acids is 1. The van der Waals surface area contributed by atoms with Gasteiger partial charge in [0.25, 0.3) is 0 Å². The van der Waals surface area contributed by atoms with Crippen LogP contribution in [0.25, 0.3) is 5.52 Å². The van der Waals surface area contributed by atoms with Gasteiger partial charge in [-0.1, -0.05) is 6.07 Å². The molecule has 0 unspecified atom stereocenters. The molecule has 3 aromatic rings. The largest absolute Gasteiger partial charge is 0.493 e. The van der Waals surface area contributed by atoms with Gasteiger partial charge in [-0.15, -0.1) is 0 Å². The summed E-state index contributed by atoms with van der Waals surface area (Å²) in [7, 11) is 3.16. The SMILES string of the molecule is COc1ccc(CNC(=O)Nc2ccn3nccc3c2)cc1OC. The second-order valence-electron chi connectivity index (χ2n) is 5.11. The van der Waals surface area contributed by atoms with E-state index in [4.69, 9.17) is 9.47 Å². The normalized spacial score (nSPS) is 10.4. The average Bonchev–Trinajstić information content (AvgIpc) is 3.07. The van der Waals surface area contributed by atoms with E-state index < -0.39 is 0 Å². The number of hydrogen-bond acceptors (Lipinski definition) is 4. The Kier molecular flexibility index (Phi) is 4.51. The van der Waals surface area contributed by atoms with Gasteiger partial charge in [0.1, 0.15) is 0 Å². The molecule has 124 valence electrons. The Labute approximate surface area is 139 Å². The van der Waals surface area contributed by atoms with Crippen LogP contribution in [0.15, 0.2) is 48.8 Å². The Hall–Kier alpha value is -3.22. The highest BCUT2D eigenvalue weighted by atomic mass is 16.5. The first kappa shape index (κ1) is 15.7. The molecule has 2 heterocycles. The number of urea groups is 1. The first-order valence-electron chi connectivity index (χ1n) is 7.39. The zero-order valence-electron chi connectivity index (χ0n) is 13.4. The van der Waals surface area contributed by atoms with Gasteiger partial charge >= 0.3 is 6.03 Å². The van der Waals surface area contributed by atoms with Crippen molar-refractivity contribution in [3.8, 4) is 11.5 Å². The Morgan fingerprint density at radius 2 is 1.96 bits per heavy atom. The van der Waals surface area contributed by atoms with E-state index in [1.54, 1.807) is 43.3 Å². The molecule has 7 nitrogen and oxygen atoms in total. The van der Waals surface area contributed by atoms with Crippen molar-refractivity contribution >= 4 is 17.2 Å². The van der Waals surface area contributed by atoms with Crippen LogP contribution in [-0.4, -0.2) is 29.9 Å². The van der Waals surface area contributed by atoms with E-state index in [1.165, 1.54) is 0 Å². The van der Waals surface area contributed by atoms with Gasteiger partial charge < -0.3 is 20.1 Å². The van der Waals surface area contributed by atoms with Crippen LogP contribution in [-0.2, 0) is 6.54 Å². The highest BCUT2D eigenvalue weighted by Gasteiger charge is 2.07. The third kappa shape index (κ3) is 3.40. The van der Waals surface area contributed by atoms with Crippen molar-refractivity contribution in [2.24, 2.45) is 0 Å². The number of pyridine rings is 1. The number of anilines is 1. The van der Waals surface area contributed by atoms with E-state index >= 15 is 0 Å². The number of rotatable bonds is 5. The zero-order chi connectivity index (χ0) is 16.9. The highest BCUT2D eigenvalue weighted by Crippen LogP contribution is 2.27. The molecule has 0 radical (unpaired) electrons. The smallest absolute Gasteiger partial charge is 0.319 e. The number of benzene rings is 1. The second-order valence-corrected chi connectivity index (χ2v) is 5.11. The molecule has 0 aliphatic heterocycles. The average molecular weight is 326 g/mol. The molecule has 0 fully saturated rings. The molecule has 3 rings (SSSR count). The van der Waals surface area contributed by atoms with Crippen LogP contribution in [0.3, 0.4) is 0 Å². The van der Waals surface area contributed by atoms with Crippen LogP contribution < -0.4 is 20.1 Å². The van der Waals surface area contributed by atoms with Gasteiger partial charge in [0.05, 0.1) is 19.7 Å². The third-order valence-electron chi connectivity index (χ3n) is 3.56. The topological polar surface area (TPSA) is 76.9 Å². The van der Waals surface area contributed by atoms with Gasteiger partial charge in [-0.3, -0.25) is 0 Å². The lowest BCUT2D eigenvalue weighted by molar-refractivity contribution is 0.251. The lowest BCUT2D eigenvalue weighted by Crippen LogP contribution is -2.28. The summed E-state index contributed by atoms with van der Waals surface area (Å²) in [5.41, 5.74) is 2.52. The molecule has 0 saturated heterocycles. The zero-order valence-corrected chi connectivity index (χ0v) is 13.4. The lowest BCUT2D eigenvalue weighted by Gasteiger charge is -2.11. The quantitative estimate of drug-likeness (QED) is 0.756. The molecule has 2 aromatic heterocycles. The maximum Gasteiger partial charge on any atom is 0.319 e. The van der Waals surface area contributed by atoms with E-state index in [0.717, 1.165) is 11.1 Å². The minimum absolute atomic E-state index is 0.284. The summed E-state index contributed by atoms with van der Waals surface area (Å²) in [6, 6.07) is 10.7. The molecule has 0 saturated carbocycles. The molecular weight excluding hydrogens is 308 g/mol. The number of nitrogens with zero attached hydrogens (tertiary/aromatic N) is 2. The van der Waals surface area contributed by atoms with Gasteiger partial charge in [0.2, 0.25) is 0 Å². The standard InChI is InChI=1S/C17H18N4O3/c1-23-15-4-3-12(9-16(15)24-2)11-18-17(22)20-13-6-8-21-14(10-13)5-7-19-21/h3-10H,11H2,1-2H3,(H2,18,20,22). The van der Waals surface area contributed by atoms with Crippen LogP contribution in [0.5, 0.6) is 11.5 Å². The summed E-state index contributed by atoms with van der Waals surface area (Å²) in [5, 5.41) is 9.72. The number of carbonyl (C=O) groups is 1. The molecule has 1 aromatic carbocycles. The van der Waals surface area contributed by atoms with Crippen LogP contribution in [0, 0.1) is 0 Å². The van der Waals surface area contributed by atoms with Crippen molar-refractivity contribution in [1.82, 2.24) is 14.9 Å². The van der Waals surface area contributed by atoms with Crippen molar-refractivity contribution in [3.05, 3.63) is 54.4 Å². The predicted molar refractivity (Wildman–Crippen MR) is 90.6 cm³/mol. The number of methoxy groups -OCH3 is 2. The third-order valence-corrected chi connectivity index (χ3v) is 3.56. The number of nitrogens with one attached hydrogen (secondary N) is 2. The second kappa shape index (κ2) is 6.91. The van der Waals surface area contributed by atoms with E-state index in [1.807, 2.05) is 24.3 Å². The molecule has 2 N–H and O–H groups in total. The number of fused-ring (bicyclic) bond motifs is 1. The summed E-state index contributed by atoms with van der Waals surface area (Å²) >= 11 is 0. The van der Waals surface area contributed by atoms with Gasteiger partial charge in [0, 0.05) is 24.6 Å². The van der Waals surface area contributed by atoms with Crippen LogP contribution >= 0.6 is 0 Å². The minimum Gasteiger partial charge on any atom is -0.493 e. The van der Waals surface area contributed by atoms with Crippen molar-refractivity contribution < 1.29 is 14.3 Å². The van der Waals surface area contributed by atoms with Gasteiger partial charge in [-0.25, -0.2) is 9.31 Å². The van der Waals surface area contributed by atoms with E-state index in [0.29, 0.717) is 23.7 Å². The first-order chi connectivity index (χ1) is 11.7. The monoisotopic (exact) mass is 326 g/mol. The molecule has 2 amide bonds. The molecule has 0 bridgehead atoms. The minimum atomic E-state index is -0.284. The molecular formula is C17H18N4O3. The van der Waals surface area contributed by atoms with Crippen LogP contribution in [0.1, 0.15) is 5.56 Å². The van der Waals surface area contributed by atoms with Crippen molar-refractivity contribution in [1.29, 1.82) is 0 Å². The fraction of sp³-hybridized carbons (Fsp3) is 0.176. The van der Waals surface area contributed by atoms with E-state index in [2.05, 4.69) is 15.7 Å². The maximum absolute atomic E-state index is 12.0. The van der Waals surface area contributed by atoms with Crippen LogP contribution in [0.2, 0.25) is 0 Å². The van der Waals surface area contributed by atoms with Crippen LogP contribution in [0.4, 0.5) is 10.5 Å². The predicted octanol–water partition coefficient (Wildman–Crippen LogP) is 2.67. The number of amides is 2. The van der Waals surface area contributed by atoms with Crippen molar-refractivity contribution in [2.45, 2.75) is 6.54 Å². The Morgan fingerprint density at radius 3 is 2.75 bits per heavy atom. The number of ether oxygens (including phenoxy) is 2. The van der Waals surface area contributed by atoms with E-state index in [9.17, 15) is 4.79 Å². The van der Waals surface area contributed by atoms with E-state index in [-0.39, 0.29) is 6.03 Å². The molecule has 0 atom stereocenters. The Balaban J connectivity index is 1.60. The number of aromatic nitrogens is 2. The maximum atomic E-state index is 12.0. The number of hydrogen-bond donors (Lipinski definition) is 2. The van der Waals surface area contributed by atoms with Gasteiger partial charge in [-0.05, 0) is 35.9 Å². The van der Waals surface area contributed by atoms with Gasteiger partial charge in [-0.2, -0.15) is 5.10 Å². The van der Waals surface area contributed by atoms with Crippen molar-refractivity contribution in [2.75, 3.05) is 19.5 Å². The summed E-state index contributed by atoms with van der Waals surface area (Å²) in [5.74, 6) is 1.28. The molecule has 7 heteroatoms. The fourth-order valence-electron chi connectivity index (χ4n) is 2.35. The fourth-order valence-corrected chi connectivity index (χ4v) is 2.35. The summed E-state index contributed by atoms with van der Waals surface area (Å²) < 4.78 is 12.2. The molecule has 0 spiro atoms. The summed E-state index contributed by atoms with van der Waals surface area (Å²) in [6.07, 6.45) is 3.50. The lowest BCUT2D eigenvalue weighted by atomic mass is 10.2. The van der Waals surface area contributed by atoms with Crippen molar-refractivity contribution in [3.63, 3.8) is 0 Å². The first-order valence-corrected chi connectivity index (χ1v) is 7.39.